The van der Waals surface area contributed by atoms with Gasteiger partial charge in [0.1, 0.15) is 0 Å². The van der Waals surface area contributed by atoms with Crippen molar-refractivity contribution in [3.63, 3.8) is 0 Å². The first-order valence-electron chi connectivity index (χ1n) is 9.30. The summed E-state index contributed by atoms with van der Waals surface area (Å²) in [6, 6.07) is 0. The molecule has 4 aliphatic carbocycles. The maximum absolute atomic E-state index is 11.3. The van der Waals surface area contributed by atoms with E-state index in [0.29, 0.717) is 23.4 Å². The average Bonchev–Trinajstić information content (AvgIpc) is 2.82. The van der Waals surface area contributed by atoms with Gasteiger partial charge in [0.2, 0.25) is 0 Å². The van der Waals surface area contributed by atoms with Crippen molar-refractivity contribution in [2.24, 2.45) is 28.6 Å². The molecular formula is C20H28O2W2. The minimum atomic E-state index is -0.147. The fraction of sp³-hybridized carbons (Fsp3) is 0.800. The second kappa shape index (κ2) is 6.15. The fourth-order valence-corrected chi connectivity index (χ4v) is 9.36. The quantitative estimate of drug-likeness (QED) is 0.467. The second-order valence-electron chi connectivity index (χ2n) is 8.90. The number of aliphatic hydroxyl groups is 1. The molecule has 0 spiro atoms. The minimum absolute atomic E-state index is 0.147. The van der Waals surface area contributed by atoms with Gasteiger partial charge < -0.3 is 0 Å². The Kier molecular flexibility index (Phi) is 4.65. The molecule has 7 atom stereocenters. The van der Waals surface area contributed by atoms with E-state index < -0.39 is 0 Å². The first-order valence-corrected chi connectivity index (χ1v) is 12.2. The number of fused-ring (bicyclic) bond motifs is 5. The first kappa shape index (κ1) is 18.2. The zero-order valence-corrected chi connectivity index (χ0v) is 20.7. The van der Waals surface area contributed by atoms with Crippen molar-refractivity contribution in [1.82, 2.24) is 0 Å². The molecule has 6 unspecified atom stereocenters. The molecule has 1 N–H and O–H groups in total. The van der Waals surface area contributed by atoms with Crippen LogP contribution in [0.25, 0.3) is 0 Å². The molecule has 0 bridgehead atoms. The molecule has 0 aromatic heterocycles. The summed E-state index contributed by atoms with van der Waals surface area (Å²) >= 11 is 3.27. The van der Waals surface area contributed by atoms with Crippen LogP contribution in [0.3, 0.4) is 0 Å². The van der Waals surface area contributed by atoms with E-state index in [0.717, 1.165) is 25.2 Å². The van der Waals surface area contributed by atoms with Crippen molar-refractivity contribution in [1.29, 1.82) is 0 Å². The van der Waals surface area contributed by atoms with Crippen molar-refractivity contribution in [2.45, 2.75) is 64.6 Å². The molecule has 4 rings (SSSR count). The molecule has 0 saturated heterocycles. The molecular weight excluding hydrogens is 640 g/mol. The van der Waals surface area contributed by atoms with Crippen LogP contribution in [0, 0.1) is 28.6 Å². The van der Waals surface area contributed by atoms with Crippen molar-refractivity contribution >= 4 is 7.80 Å². The molecule has 0 aromatic carbocycles. The van der Waals surface area contributed by atoms with Gasteiger partial charge in [-0.3, -0.25) is 0 Å². The van der Waals surface area contributed by atoms with Gasteiger partial charge in [-0.15, -0.1) is 0 Å². The Balaban J connectivity index is 1.78. The van der Waals surface area contributed by atoms with Gasteiger partial charge in [-0.2, -0.15) is 0 Å². The number of aliphatic hydroxyl groups excluding tert-OH is 1. The molecule has 0 aromatic rings. The van der Waals surface area contributed by atoms with Gasteiger partial charge in [0.25, 0.3) is 0 Å². The summed E-state index contributed by atoms with van der Waals surface area (Å²) in [5.74, 6) is 1.81. The van der Waals surface area contributed by atoms with Crippen molar-refractivity contribution in [3.8, 4) is 0 Å². The van der Waals surface area contributed by atoms with Gasteiger partial charge in [-0.25, -0.2) is 0 Å². The third-order valence-electron chi connectivity index (χ3n) is 7.89. The maximum atomic E-state index is 11.3. The Labute approximate surface area is 167 Å². The topological polar surface area (TPSA) is 29.5 Å². The van der Waals surface area contributed by atoms with E-state index in [2.05, 4.69) is 19.9 Å². The molecule has 0 heterocycles. The van der Waals surface area contributed by atoms with Crippen LogP contribution in [0.1, 0.15) is 52.4 Å². The molecule has 132 valence electrons. The number of allylic oxidation sites excluding steroid dienone is 1. The van der Waals surface area contributed by atoms with E-state index in [4.69, 9.17) is 4.74 Å². The number of hydrogen-bond donors (Lipinski definition) is 1. The van der Waals surface area contributed by atoms with Crippen LogP contribution in [0.4, 0.5) is 0 Å². The summed E-state index contributed by atoms with van der Waals surface area (Å²) in [6.45, 7) is 4.91. The number of rotatable bonds is 1. The second-order valence-corrected chi connectivity index (χ2v) is 12.4. The third-order valence-corrected chi connectivity index (χ3v) is 11.7. The Morgan fingerprint density at radius 3 is 2.67 bits per heavy atom. The van der Waals surface area contributed by atoms with E-state index in [1.165, 1.54) is 19.3 Å². The zero-order valence-electron chi connectivity index (χ0n) is 14.9. The Bertz CT molecular complexity index is 627. The molecule has 4 heteroatoms. The van der Waals surface area contributed by atoms with Crippen LogP contribution in [0.2, 0.25) is 0 Å². The van der Waals surface area contributed by atoms with Crippen LogP contribution in [-0.2, 0) is 43.4 Å². The summed E-state index contributed by atoms with van der Waals surface area (Å²) < 4.78 is 9.01. The van der Waals surface area contributed by atoms with E-state index in [-0.39, 0.29) is 11.5 Å². The van der Waals surface area contributed by atoms with E-state index in [1.807, 2.05) is 7.11 Å². The Morgan fingerprint density at radius 2 is 1.96 bits per heavy atom. The van der Waals surface area contributed by atoms with E-state index >= 15 is 0 Å². The normalized spacial score (nSPS) is 50.8. The number of ether oxygens (including phenoxy) is 1. The molecule has 4 aliphatic rings. The van der Waals surface area contributed by atoms with Crippen LogP contribution < -0.4 is 0 Å². The zero-order chi connectivity index (χ0) is 17.3. The van der Waals surface area contributed by atoms with Crippen LogP contribution in [0.5, 0.6) is 0 Å². The molecule has 0 radical (unpaired) electrons. The van der Waals surface area contributed by atoms with Crippen LogP contribution in [0.15, 0.2) is 11.6 Å². The SMILES string of the molecule is CO[C@H]1CCC2(C)C(=C[C](=[W])C3C4CC[C](=[W])C4(C)CC(O)C32)C1. The molecule has 0 amide bonds. The van der Waals surface area contributed by atoms with E-state index in [1.54, 1.807) is 52.1 Å². The monoisotopic (exact) mass is 668 g/mol. The van der Waals surface area contributed by atoms with Crippen LogP contribution >= 0.6 is 0 Å². The summed E-state index contributed by atoms with van der Waals surface area (Å²) in [5.41, 5.74) is 2.05. The average molecular weight is 668 g/mol. The van der Waals surface area contributed by atoms with Gasteiger partial charge in [0, 0.05) is 0 Å². The molecule has 0 aliphatic heterocycles. The van der Waals surface area contributed by atoms with E-state index in [9.17, 15) is 5.11 Å². The predicted molar refractivity (Wildman–Crippen MR) is 89.3 cm³/mol. The van der Waals surface area contributed by atoms with Crippen LogP contribution in [-0.4, -0.2) is 32.2 Å². The van der Waals surface area contributed by atoms with Crippen molar-refractivity contribution in [2.75, 3.05) is 7.11 Å². The van der Waals surface area contributed by atoms with Gasteiger partial charge in [0.15, 0.2) is 0 Å². The van der Waals surface area contributed by atoms with Gasteiger partial charge in [-0.05, 0) is 0 Å². The van der Waals surface area contributed by atoms with Gasteiger partial charge in [0.05, 0.1) is 0 Å². The Hall–Kier alpha value is 0.777. The summed E-state index contributed by atoms with van der Waals surface area (Å²) in [6.07, 6.45) is 9.80. The summed E-state index contributed by atoms with van der Waals surface area (Å²) in [5, 5.41) is 11.3. The van der Waals surface area contributed by atoms with Gasteiger partial charge in [-0.1, -0.05) is 0 Å². The first-order chi connectivity index (χ1) is 11.3. The summed E-state index contributed by atoms with van der Waals surface area (Å²) in [4.78, 5) is 0. The Morgan fingerprint density at radius 1 is 1.21 bits per heavy atom. The standard InChI is InChI=1S/C20H28O2.2W/c1-19-9-4-5-16(19)15-7-6-13-11-14(22-3)8-10-20(13,2)18(15)17(21)12-19;;/h6,14-18,21H,4-5,8,10-12H2,1-3H3;;/t14-,15?,16?,17?,18?,19?,20?;;/m0../s1. The number of methoxy groups -OCH3 is 1. The third kappa shape index (κ3) is 2.42. The summed E-state index contributed by atoms with van der Waals surface area (Å²) in [7, 11) is 1.85. The molecule has 3 saturated carbocycles. The molecule has 3 fully saturated rings. The molecule has 24 heavy (non-hydrogen) atoms. The van der Waals surface area contributed by atoms with Crippen molar-refractivity contribution < 1.29 is 48.6 Å². The van der Waals surface area contributed by atoms with Gasteiger partial charge >= 0.3 is 168 Å². The predicted octanol–water partition coefficient (Wildman–Crippen LogP) is 2.98. The fourth-order valence-electron chi connectivity index (χ4n) is 6.46. The van der Waals surface area contributed by atoms with Crippen molar-refractivity contribution in [3.05, 3.63) is 11.6 Å². The number of hydrogen-bond acceptors (Lipinski definition) is 2. The molecule has 2 nitrogen and oxygen atoms in total.